The molecular formula is C11H8N2O. The normalized spacial score (nSPS) is 10.9. The summed E-state index contributed by atoms with van der Waals surface area (Å²) >= 11 is 0. The largest absolute Gasteiger partial charge is 0.427 e. The van der Waals surface area contributed by atoms with Crippen molar-refractivity contribution >= 4 is 11.2 Å². The van der Waals surface area contributed by atoms with Crippen molar-refractivity contribution in [2.24, 2.45) is 0 Å². The third-order valence-corrected chi connectivity index (χ3v) is 2.21. The van der Waals surface area contributed by atoms with Crippen molar-refractivity contribution in [1.82, 2.24) is 9.55 Å². The molecule has 0 aliphatic carbocycles. The highest BCUT2D eigenvalue weighted by atomic mass is 16.3. The van der Waals surface area contributed by atoms with Crippen LogP contribution in [0.3, 0.4) is 0 Å². The molecule has 0 radical (unpaired) electrons. The van der Waals surface area contributed by atoms with Crippen LogP contribution < -0.4 is 0 Å². The molecule has 3 heteroatoms. The van der Waals surface area contributed by atoms with E-state index in [0.717, 1.165) is 16.9 Å². The van der Waals surface area contributed by atoms with E-state index in [2.05, 4.69) is 4.98 Å². The van der Waals surface area contributed by atoms with Crippen molar-refractivity contribution in [1.29, 1.82) is 0 Å². The highest BCUT2D eigenvalue weighted by Gasteiger charge is 2.05. The maximum absolute atomic E-state index is 5.30. The number of nitrogens with zero attached hydrogens (tertiary/aromatic N) is 2. The van der Waals surface area contributed by atoms with Crippen molar-refractivity contribution < 1.29 is 4.42 Å². The lowest BCUT2D eigenvalue weighted by Crippen LogP contribution is -1.88. The quantitative estimate of drug-likeness (QED) is 0.582. The topological polar surface area (TPSA) is 31.0 Å². The van der Waals surface area contributed by atoms with Crippen LogP contribution in [0.2, 0.25) is 0 Å². The third-order valence-electron chi connectivity index (χ3n) is 2.21. The van der Waals surface area contributed by atoms with Gasteiger partial charge in [-0.05, 0) is 18.2 Å². The summed E-state index contributed by atoms with van der Waals surface area (Å²) in [5, 5.41) is 0. The molecule has 0 aliphatic rings. The molecule has 14 heavy (non-hydrogen) atoms. The van der Waals surface area contributed by atoms with E-state index in [1.807, 2.05) is 47.2 Å². The third kappa shape index (κ3) is 0.956. The molecule has 0 bridgehead atoms. The minimum absolute atomic E-state index is 0.788. The Morgan fingerprint density at radius 3 is 2.79 bits per heavy atom. The van der Waals surface area contributed by atoms with Gasteiger partial charge in [-0.25, -0.2) is 4.98 Å². The van der Waals surface area contributed by atoms with Crippen molar-refractivity contribution in [3.8, 4) is 5.69 Å². The average Bonchev–Trinajstić information content (AvgIpc) is 2.79. The SMILES string of the molecule is c1ccc(-n2ccc3ncoc32)cc1. The Morgan fingerprint density at radius 1 is 1.07 bits per heavy atom. The molecule has 0 saturated carbocycles. The van der Waals surface area contributed by atoms with Crippen LogP contribution in [-0.2, 0) is 0 Å². The molecule has 0 atom stereocenters. The number of benzene rings is 1. The van der Waals surface area contributed by atoms with E-state index in [9.17, 15) is 0 Å². The Morgan fingerprint density at radius 2 is 1.93 bits per heavy atom. The van der Waals surface area contributed by atoms with Gasteiger partial charge in [0.25, 0.3) is 0 Å². The molecule has 0 spiro atoms. The van der Waals surface area contributed by atoms with Crippen LogP contribution >= 0.6 is 0 Å². The molecule has 2 aromatic heterocycles. The molecular weight excluding hydrogens is 176 g/mol. The Labute approximate surface area is 80.6 Å². The first-order valence-corrected chi connectivity index (χ1v) is 4.41. The van der Waals surface area contributed by atoms with E-state index in [1.54, 1.807) is 0 Å². The van der Waals surface area contributed by atoms with Crippen LogP contribution in [0.1, 0.15) is 0 Å². The molecule has 3 aromatic rings. The van der Waals surface area contributed by atoms with Crippen LogP contribution in [0.15, 0.2) is 53.4 Å². The van der Waals surface area contributed by atoms with Crippen LogP contribution in [-0.4, -0.2) is 9.55 Å². The van der Waals surface area contributed by atoms with Crippen LogP contribution in [0.25, 0.3) is 16.9 Å². The fourth-order valence-corrected chi connectivity index (χ4v) is 1.55. The van der Waals surface area contributed by atoms with Gasteiger partial charge < -0.3 is 4.42 Å². The van der Waals surface area contributed by atoms with Crippen molar-refractivity contribution in [3.63, 3.8) is 0 Å². The summed E-state index contributed by atoms with van der Waals surface area (Å²) in [5.74, 6) is 0. The second kappa shape index (κ2) is 2.73. The summed E-state index contributed by atoms with van der Waals surface area (Å²) in [6, 6.07) is 12.0. The summed E-state index contributed by atoms with van der Waals surface area (Å²) in [6.07, 6.45) is 3.42. The molecule has 1 aromatic carbocycles. The van der Waals surface area contributed by atoms with Crippen molar-refractivity contribution in [3.05, 3.63) is 49.0 Å². The van der Waals surface area contributed by atoms with Gasteiger partial charge >= 0.3 is 0 Å². The van der Waals surface area contributed by atoms with Gasteiger partial charge in [0.2, 0.25) is 5.71 Å². The van der Waals surface area contributed by atoms with E-state index >= 15 is 0 Å². The molecule has 3 rings (SSSR count). The molecule has 3 nitrogen and oxygen atoms in total. The minimum atomic E-state index is 0.788. The van der Waals surface area contributed by atoms with Crippen LogP contribution in [0, 0.1) is 0 Å². The molecule has 2 heterocycles. The molecule has 0 saturated heterocycles. The van der Waals surface area contributed by atoms with Gasteiger partial charge in [-0.15, -0.1) is 0 Å². The van der Waals surface area contributed by atoms with Gasteiger partial charge in [0.1, 0.15) is 5.52 Å². The van der Waals surface area contributed by atoms with E-state index in [4.69, 9.17) is 4.42 Å². The Kier molecular flexibility index (Phi) is 1.44. The number of rotatable bonds is 1. The molecule has 68 valence electrons. The second-order valence-corrected chi connectivity index (χ2v) is 3.06. The van der Waals surface area contributed by atoms with Gasteiger partial charge in [0, 0.05) is 11.9 Å². The summed E-state index contributed by atoms with van der Waals surface area (Å²) in [4.78, 5) is 4.08. The lowest BCUT2D eigenvalue weighted by Gasteiger charge is -2.00. The molecule has 0 aliphatic heterocycles. The van der Waals surface area contributed by atoms with E-state index in [0.29, 0.717) is 0 Å². The monoisotopic (exact) mass is 184 g/mol. The van der Waals surface area contributed by atoms with Gasteiger partial charge in [-0.3, -0.25) is 4.57 Å². The number of aromatic nitrogens is 2. The van der Waals surface area contributed by atoms with Gasteiger partial charge in [0.15, 0.2) is 6.39 Å². The summed E-state index contributed by atoms with van der Waals surface area (Å²) in [5.41, 5.74) is 2.75. The highest BCUT2D eigenvalue weighted by molar-refractivity contribution is 5.71. The fourth-order valence-electron chi connectivity index (χ4n) is 1.55. The molecule has 0 N–H and O–H groups in total. The summed E-state index contributed by atoms with van der Waals surface area (Å²) < 4.78 is 7.27. The first-order valence-electron chi connectivity index (χ1n) is 4.41. The smallest absolute Gasteiger partial charge is 0.232 e. The predicted octanol–water partition coefficient (Wildman–Crippen LogP) is 2.62. The van der Waals surface area contributed by atoms with Crippen molar-refractivity contribution in [2.75, 3.05) is 0 Å². The average molecular weight is 184 g/mol. The van der Waals surface area contributed by atoms with E-state index < -0.39 is 0 Å². The first kappa shape index (κ1) is 7.38. The highest BCUT2D eigenvalue weighted by Crippen LogP contribution is 2.18. The zero-order valence-electron chi connectivity index (χ0n) is 7.42. The molecule has 0 amide bonds. The minimum Gasteiger partial charge on any atom is -0.427 e. The zero-order valence-corrected chi connectivity index (χ0v) is 7.42. The fraction of sp³-hybridized carbons (Fsp3) is 0. The van der Waals surface area contributed by atoms with Crippen LogP contribution in [0.4, 0.5) is 0 Å². The van der Waals surface area contributed by atoms with Gasteiger partial charge in [0.05, 0.1) is 0 Å². The van der Waals surface area contributed by atoms with Crippen molar-refractivity contribution in [2.45, 2.75) is 0 Å². The number of hydrogen-bond donors (Lipinski definition) is 0. The standard InChI is InChI=1S/C11H8N2O/c1-2-4-9(5-3-1)13-7-6-10-11(13)14-8-12-10/h1-8H. The van der Waals surface area contributed by atoms with Gasteiger partial charge in [-0.1, -0.05) is 18.2 Å². The van der Waals surface area contributed by atoms with Gasteiger partial charge in [-0.2, -0.15) is 0 Å². The number of hydrogen-bond acceptors (Lipinski definition) is 2. The maximum atomic E-state index is 5.30. The predicted molar refractivity (Wildman–Crippen MR) is 53.3 cm³/mol. The zero-order chi connectivity index (χ0) is 9.38. The second-order valence-electron chi connectivity index (χ2n) is 3.06. The van der Waals surface area contributed by atoms with E-state index in [-0.39, 0.29) is 0 Å². The lowest BCUT2D eigenvalue weighted by molar-refractivity contribution is 0.581. The Bertz CT molecular complexity index is 551. The molecule has 0 unspecified atom stereocenters. The Balaban J connectivity index is 2.28. The maximum Gasteiger partial charge on any atom is 0.232 e. The van der Waals surface area contributed by atoms with Crippen LogP contribution in [0.5, 0.6) is 0 Å². The Hall–Kier alpha value is -2.03. The van der Waals surface area contributed by atoms with E-state index in [1.165, 1.54) is 6.39 Å². The number of para-hydroxylation sites is 1. The number of oxazole rings is 1. The number of fused-ring (bicyclic) bond motifs is 1. The molecule has 0 fully saturated rings. The first-order chi connectivity index (χ1) is 6.95. The summed E-state index contributed by atoms with van der Waals surface area (Å²) in [7, 11) is 0. The summed E-state index contributed by atoms with van der Waals surface area (Å²) in [6.45, 7) is 0. The lowest BCUT2D eigenvalue weighted by atomic mass is 10.3.